The van der Waals surface area contributed by atoms with Gasteiger partial charge in [-0.25, -0.2) is 0 Å². The summed E-state index contributed by atoms with van der Waals surface area (Å²) in [6.45, 7) is 3.98. The van der Waals surface area contributed by atoms with Gasteiger partial charge in [-0.15, -0.1) is 0 Å². The Hall–Kier alpha value is -1.16. The number of benzene rings is 2. The van der Waals surface area contributed by atoms with Crippen LogP contribution in [0, 0.1) is 17.4 Å². The lowest BCUT2D eigenvalue weighted by molar-refractivity contribution is 0.103. The Labute approximate surface area is 115 Å². The fraction of sp³-hybridized carbons (Fsp3) is 0.133. The molecule has 0 atom stereocenters. The molecule has 0 aliphatic heterocycles. The summed E-state index contributed by atoms with van der Waals surface area (Å²) in [6.07, 6.45) is 0. The van der Waals surface area contributed by atoms with E-state index in [9.17, 15) is 4.79 Å². The standard InChI is InChI=1S/C15H13IO/c1-10-6-7-11(2)14(8-10)15(17)12-4-3-5-13(16)9-12/h3-9H,1-2H3. The maximum Gasteiger partial charge on any atom is 0.193 e. The minimum absolute atomic E-state index is 0.102. The summed E-state index contributed by atoms with van der Waals surface area (Å²) in [5, 5.41) is 0. The number of ketones is 1. The third kappa shape index (κ3) is 2.75. The van der Waals surface area contributed by atoms with Gasteiger partial charge in [-0.2, -0.15) is 0 Å². The summed E-state index contributed by atoms with van der Waals surface area (Å²) in [6, 6.07) is 13.7. The molecule has 0 aromatic heterocycles. The lowest BCUT2D eigenvalue weighted by Gasteiger charge is -2.06. The second-order valence-corrected chi connectivity index (χ2v) is 5.40. The van der Waals surface area contributed by atoms with Gasteiger partial charge in [-0.3, -0.25) is 4.79 Å². The molecule has 0 bridgehead atoms. The summed E-state index contributed by atoms with van der Waals surface area (Å²) >= 11 is 2.22. The van der Waals surface area contributed by atoms with Gasteiger partial charge >= 0.3 is 0 Å². The van der Waals surface area contributed by atoms with E-state index in [1.54, 1.807) is 0 Å². The minimum Gasteiger partial charge on any atom is -0.289 e. The first-order valence-electron chi connectivity index (χ1n) is 5.45. The molecule has 2 aromatic carbocycles. The second-order valence-electron chi connectivity index (χ2n) is 4.16. The van der Waals surface area contributed by atoms with Crippen LogP contribution >= 0.6 is 22.6 Å². The van der Waals surface area contributed by atoms with E-state index < -0.39 is 0 Å². The molecule has 0 amide bonds. The molecule has 0 unspecified atom stereocenters. The van der Waals surface area contributed by atoms with Crippen molar-refractivity contribution in [1.82, 2.24) is 0 Å². The van der Waals surface area contributed by atoms with Crippen molar-refractivity contribution >= 4 is 28.4 Å². The first-order valence-corrected chi connectivity index (χ1v) is 6.53. The molecule has 0 fully saturated rings. The van der Waals surface area contributed by atoms with Gasteiger partial charge in [0.2, 0.25) is 0 Å². The van der Waals surface area contributed by atoms with Crippen LogP contribution < -0.4 is 0 Å². The highest BCUT2D eigenvalue weighted by Gasteiger charge is 2.11. The first-order chi connectivity index (χ1) is 8.08. The highest BCUT2D eigenvalue weighted by Crippen LogP contribution is 2.17. The Kier molecular flexibility index (Phi) is 3.62. The molecule has 0 spiro atoms. The Balaban J connectivity index is 2.47. The van der Waals surface area contributed by atoms with Crippen LogP contribution in [-0.2, 0) is 0 Å². The molecule has 2 heteroatoms. The van der Waals surface area contributed by atoms with Gasteiger partial charge in [0.05, 0.1) is 0 Å². The van der Waals surface area contributed by atoms with Gasteiger partial charge in [0, 0.05) is 14.7 Å². The fourth-order valence-corrected chi connectivity index (χ4v) is 2.31. The molecule has 86 valence electrons. The zero-order chi connectivity index (χ0) is 12.4. The van der Waals surface area contributed by atoms with E-state index in [1.165, 1.54) is 0 Å². The largest absolute Gasteiger partial charge is 0.289 e. The van der Waals surface area contributed by atoms with Crippen molar-refractivity contribution in [3.63, 3.8) is 0 Å². The minimum atomic E-state index is 0.102. The van der Waals surface area contributed by atoms with Crippen molar-refractivity contribution in [1.29, 1.82) is 0 Å². The topological polar surface area (TPSA) is 17.1 Å². The van der Waals surface area contributed by atoms with E-state index in [4.69, 9.17) is 0 Å². The van der Waals surface area contributed by atoms with Crippen LogP contribution in [-0.4, -0.2) is 5.78 Å². The predicted octanol–water partition coefficient (Wildman–Crippen LogP) is 4.14. The maximum absolute atomic E-state index is 12.4. The lowest BCUT2D eigenvalue weighted by Crippen LogP contribution is -2.04. The smallest absolute Gasteiger partial charge is 0.193 e. The Morgan fingerprint density at radius 2 is 1.82 bits per heavy atom. The highest BCUT2D eigenvalue weighted by molar-refractivity contribution is 14.1. The van der Waals surface area contributed by atoms with E-state index in [-0.39, 0.29) is 5.78 Å². The predicted molar refractivity (Wildman–Crippen MR) is 78.5 cm³/mol. The molecule has 1 nitrogen and oxygen atoms in total. The third-order valence-electron chi connectivity index (χ3n) is 2.72. The molecule has 2 aromatic rings. The lowest BCUT2D eigenvalue weighted by atomic mass is 9.97. The van der Waals surface area contributed by atoms with E-state index in [2.05, 4.69) is 22.6 Å². The van der Waals surface area contributed by atoms with Crippen LogP contribution in [0.4, 0.5) is 0 Å². The number of hydrogen-bond acceptors (Lipinski definition) is 1. The summed E-state index contributed by atoms with van der Waals surface area (Å²) < 4.78 is 1.08. The van der Waals surface area contributed by atoms with Crippen LogP contribution in [0.25, 0.3) is 0 Å². The number of aryl methyl sites for hydroxylation is 2. The Morgan fingerprint density at radius 3 is 2.53 bits per heavy atom. The Bertz CT molecular complexity index is 573. The van der Waals surface area contributed by atoms with Gasteiger partial charge in [0.15, 0.2) is 5.78 Å². The van der Waals surface area contributed by atoms with Crippen LogP contribution in [0.15, 0.2) is 42.5 Å². The fourth-order valence-electron chi connectivity index (χ4n) is 1.77. The summed E-state index contributed by atoms with van der Waals surface area (Å²) in [5.74, 6) is 0.102. The average Bonchev–Trinajstić information content (AvgIpc) is 2.31. The molecule has 17 heavy (non-hydrogen) atoms. The number of carbonyl (C=O) groups is 1. The van der Waals surface area contributed by atoms with Crippen LogP contribution in [0.5, 0.6) is 0 Å². The third-order valence-corrected chi connectivity index (χ3v) is 3.40. The van der Waals surface area contributed by atoms with Gasteiger partial charge < -0.3 is 0 Å². The van der Waals surface area contributed by atoms with E-state index in [1.807, 2.05) is 56.3 Å². The molecular weight excluding hydrogens is 323 g/mol. The van der Waals surface area contributed by atoms with Crippen LogP contribution in [0.1, 0.15) is 27.0 Å². The molecular formula is C15H13IO. The number of hydrogen-bond donors (Lipinski definition) is 0. The van der Waals surface area contributed by atoms with Gasteiger partial charge in [-0.05, 0) is 60.2 Å². The van der Waals surface area contributed by atoms with E-state index in [0.717, 1.165) is 25.8 Å². The van der Waals surface area contributed by atoms with Crippen molar-refractivity contribution in [2.75, 3.05) is 0 Å². The summed E-state index contributed by atoms with van der Waals surface area (Å²) in [4.78, 5) is 12.4. The molecule has 0 aliphatic carbocycles. The zero-order valence-electron chi connectivity index (χ0n) is 9.83. The van der Waals surface area contributed by atoms with Crippen molar-refractivity contribution < 1.29 is 4.79 Å². The monoisotopic (exact) mass is 336 g/mol. The zero-order valence-corrected chi connectivity index (χ0v) is 12.0. The van der Waals surface area contributed by atoms with Gasteiger partial charge in [0.1, 0.15) is 0 Å². The normalized spacial score (nSPS) is 10.3. The van der Waals surface area contributed by atoms with Crippen molar-refractivity contribution in [3.05, 3.63) is 68.3 Å². The Morgan fingerprint density at radius 1 is 1.06 bits per heavy atom. The average molecular weight is 336 g/mol. The van der Waals surface area contributed by atoms with E-state index >= 15 is 0 Å². The molecule has 0 N–H and O–H groups in total. The van der Waals surface area contributed by atoms with Crippen molar-refractivity contribution in [2.45, 2.75) is 13.8 Å². The maximum atomic E-state index is 12.4. The number of rotatable bonds is 2. The summed E-state index contributed by atoms with van der Waals surface area (Å²) in [5.41, 5.74) is 3.70. The first kappa shape index (κ1) is 12.3. The highest BCUT2D eigenvalue weighted by atomic mass is 127. The molecule has 2 rings (SSSR count). The molecule has 0 heterocycles. The molecule has 0 saturated heterocycles. The number of carbonyl (C=O) groups excluding carboxylic acids is 1. The van der Waals surface area contributed by atoms with Crippen molar-refractivity contribution in [3.8, 4) is 0 Å². The van der Waals surface area contributed by atoms with Crippen LogP contribution in [0.3, 0.4) is 0 Å². The van der Waals surface area contributed by atoms with Crippen molar-refractivity contribution in [2.24, 2.45) is 0 Å². The quantitative estimate of drug-likeness (QED) is 0.595. The molecule has 0 saturated carbocycles. The second kappa shape index (κ2) is 5.00. The van der Waals surface area contributed by atoms with Gasteiger partial charge in [-0.1, -0.05) is 29.8 Å². The van der Waals surface area contributed by atoms with E-state index in [0.29, 0.717) is 0 Å². The summed E-state index contributed by atoms with van der Waals surface area (Å²) in [7, 11) is 0. The SMILES string of the molecule is Cc1ccc(C)c(C(=O)c2cccc(I)c2)c1. The number of halogens is 1. The van der Waals surface area contributed by atoms with Crippen LogP contribution in [0.2, 0.25) is 0 Å². The van der Waals surface area contributed by atoms with Gasteiger partial charge in [0.25, 0.3) is 0 Å². The molecule has 0 radical (unpaired) electrons. The molecule has 0 aliphatic rings.